The lowest BCUT2D eigenvalue weighted by molar-refractivity contribution is -0.0950. The van der Waals surface area contributed by atoms with Crippen LogP contribution in [0.5, 0.6) is 5.75 Å². The summed E-state index contributed by atoms with van der Waals surface area (Å²) in [6.07, 6.45) is 0.0162. The number of hydrogen-bond donors (Lipinski definition) is 1. The van der Waals surface area contributed by atoms with Crippen LogP contribution in [-0.4, -0.2) is 24.9 Å². The van der Waals surface area contributed by atoms with Gasteiger partial charge in [-0.1, -0.05) is 19.1 Å². The lowest BCUT2D eigenvalue weighted by Crippen LogP contribution is -2.34. The first kappa shape index (κ1) is 15.0. The largest absolute Gasteiger partial charge is 0.496 e. The Kier molecular flexibility index (Phi) is 4.77. The monoisotopic (exact) mass is 252 g/mol. The summed E-state index contributed by atoms with van der Waals surface area (Å²) in [5.74, 6) is 0.749. The van der Waals surface area contributed by atoms with E-state index >= 15 is 0 Å². The van der Waals surface area contributed by atoms with Gasteiger partial charge in [0.05, 0.1) is 12.7 Å². The summed E-state index contributed by atoms with van der Waals surface area (Å²) < 4.78 is 10.9. The van der Waals surface area contributed by atoms with E-state index in [0.717, 1.165) is 28.9 Å². The standard InChI is InChI=1S/C15H24O3/c1-7-15(4,18-6)14(16)12-9-8-10(2)11(3)13(12)17-5/h8-9,14,16H,7H2,1-6H3. The zero-order chi connectivity index (χ0) is 13.9. The van der Waals surface area contributed by atoms with Crippen molar-refractivity contribution in [2.75, 3.05) is 14.2 Å². The van der Waals surface area contributed by atoms with Gasteiger partial charge < -0.3 is 14.6 Å². The molecular weight excluding hydrogens is 228 g/mol. The Balaban J connectivity index is 3.29. The second kappa shape index (κ2) is 5.72. The quantitative estimate of drug-likeness (QED) is 0.875. The molecule has 0 heterocycles. The van der Waals surface area contributed by atoms with Crippen molar-refractivity contribution in [2.45, 2.75) is 45.8 Å². The summed E-state index contributed by atoms with van der Waals surface area (Å²) in [6.45, 7) is 7.94. The van der Waals surface area contributed by atoms with Gasteiger partial charge in [-0.05, 0) is 38.3 Å². The molecule has 0 fully saturated rings. The molecule has 0 spiro atoms. The van der Waals surface area contributed by atoms with Crippen molar-refractivity contribution in [3.8, 4) is 5.75 Å². The molecule has 1 aromatic carbocycles. The average molecular weight is 252 g/mol. The molecule has 18 heavy (non-hydrogen) atoms. The van der Waals surface area contributed by atoms with E-state index in [2.05, 4.69) is 0 Å². The van der Waals surface area contributed by atoms with Crippen molar-refractivity contribution in [2.24, 2.45) is 0 Å². The number of rotatable bonds is 5. The zero-order valence-electron chi connectivity index (χ0n) is 12.2. The molecule has 0 aromatic heterocycles. The van der Waals surface area contributed by atoms with Crippen molar-refractivity contribution in [1.29, 1.82) is 0 Å². The average Bonchev–Trinajstić information content (AvgIpc) is 2.39. The van der Waals surface area contributed by atoms with Crippen LogP contribution in [0.3, 0.4) is 0 Å². The van der Waals surface area contributed by atoms with E-state index in [1.54, 1.807) is 14.2 Å². The lowest BCUT2D eigenvalue weighted by atomic mass is 9.88. The molecule has 3 heteroatoms. The Morgan fingerprint density at radius 2 is 1.89 bits per heavy atom. The highest BCUT2D eigenvalue weighted by Gasteiger charge is 2.34. The van der Waals surface area contributed by atoms with Crippen LogP contribution in [-0.2, 0) is 4.74 Å². The van der Waals surface area contributed by atoms with Crippen LogP contribution < -0.4 is 4.74 Å². The number of hydrogen-bond acceptors (Lipinski definition) is 3. The van der Waals surface area contributed by atoms with E-state index in [1.165, 1.54) is 0 Å². The molecule has 0 amide bonds. The molecule has 1 rings (SSSR count). The highest BCUT2D eigenvalue weighted by molar-refractivity contribution is 5.47. The number of ether oxygens (including phenoxy) is 2. The molecule has 0 aliphatic rings. The highest BCUT2D eigenvalue weighted by atomic mass is 16.5. The van der Waals surface area contributed by atoms with E-state index in [-0.39, 0.29) is 0 Å². The number of methoxy groups -OCH3 is 2. The first-order valence-corrected chi connectivity index (χ1v) is 6.28. The third-order valence-electron chi connectivity index (χ3n) is 3.95. The molecule has 1 N–H and O–H groups in total. The smallest absolute Gasteiger partial charge is 0.127 e. The van der Waals surface area contributed by atoms with Crippen molar-refractivity contribution in [1.82, 2.24) is 0 Å². The minimum Gasteiger partial charge on any atom is -0.496 e. The van der Waals surface area contributed by atoms with Gasteiger partial charge in [-0.25, -0.2) is 0 Å². The van der Waals surface area contributed by atoms with E-state index < -0.39 is 11.7 Å². The Labute approximate surface area is 110 Å². The van der Waals surface area contributed by atoms with Crippen LogP contribution in [0.25, 0.3) is 0 Å². The fourth-order valence-corrected chi connectivity index (χ4v) is 2.08. The van der Waals surface area contributed by atoms with Gasteiger partial charge in [0.2, 0.25) is 0 Å². The fraction of sp³-hybridized carbons (Fsp3) is 0.600. The predicted molar refractivity (Wildman–Crippen MR) is 73.1 cm³/mol. The normalized spacial score (nSPS) is 16.2. The van der Waals surface area contributed by atoms with E-state index in [0.29, 0.717) is 0 Å². The number of aliphatic hydroxyl groups excluding tert-OH is 1. The summed E-state index contributed by atoms with van der Waals surface area (Å²) in [7, 11) is 3.26. The van der Waals surface area contributed by atoms with Crippen LogP contribution in [0.15, 0.2) is 12.1 Å². The maximum atomic E-state index is 10.6. The summed E-state index contributed by atoms with van der Waals surface area (Å²) >= 11 is 0. The molecular formula is C15H24O3. The SMILES string of the molecule is CCC(C)(OC)C(O)c1ccc(C)c(C)c1OC. The second-order valence-electron chi connectivity index (χ2n) is 4.90. The Morgan fingerprint density at radius 3 is 2.33 bits per heavy atom. The highest BCUT2D eigenvalue weighted by Crippen LogP contribution is 2.38. The van der Waals surface area contributed by atoms with Crippen molar-refractivity contribution in [3.05, 3.63) is 28.8 Å². The molecule has 0 saturated carbocycles. The molecule has 0 aliphatic carbocycles. The Bertz CT molecular complexity index is 408. The van der Waals surface area contributed by atoms with Gasteiger partial charge in [0.25, 0.3) is 0 Å². The van der Waals surface area contributed by atoms with E-state index in [9.17, 15) is 5.11 Å². The topological polar surface area (TPSA) is 38.7 Å². The molecule has 0 radical (unpaired) electrons. The van der Waals surface area contributed by atoms with Gasteiger partial charge in [0.15, 0.2) is 0 Å². The van der Waals surface area contributed by atoms with Gasteiger partial charge in [-0.2, -0.15) is 0 Å². The summed E-state index contributed by atoms with van der Waals surface area (Å²) in [6, 6.07) is 3.92. The van der Waals surface area contributed by atoms with Crippen LogP contribution >= 0.6 is 0 Å². The fourth-order valence-electron chi connectivity index (χ4n) is 2.08. The number of aliphatic hydroxyl groups is 1. The molecule has 2 atom stereocenters. The van der Waals surface area contributed by atoms with E-state index in [4.69, 9.17) is 9.47 Å². The van der Waals surface area contributed by atoms with E-state index in [1.807, 2.05) is 39.8 Å². The predicted octanol–water partition coefficient (Wildman–Crippen LogP) is 3.16. The number of aryl methyl sites for hydroxylation is 1. The minimum absolute atomic E-state index is 0.602. The molecule has 1 aromatic rings. The molecule has 0 aliphatic heterocycles. The van der Waals surface area contributed by atoms with Gasteiger partial charge in [0.1, 0.15) is 11.9 Å². The van der Waals surface area contributed by atoms with Crippen LogP contribution in [0.2, 0.25) is 0 Å². The zero-order valence-corrected chi connectivity index (χ0v) is 12.2. The lowest BCUT2D eigenvalue weighted by Gasteiger charge is -2.33. The first-order chi connectivity index (χ1) is 8.41. The van der Waals surface area contributed by atoms with Gasteiger partial charge in [0, 0.05) is 12.7 Å². The maximum absolute atomic E-state index is 10.6. The van der Waals surface area contributed by atoms with Crippen LogP contribution in [0, 0.1) is 13.8 Å². The summed E-state index contributed by atoms with van der Waals surface area (Å²) in [4.78, 5) is 0. The minimum atomic E-state index is -0.707. The molecule has 102 valence electrons. The van der Waals surface area contributed by atoms with Gasteiger partial charge >= 0.3 is 0 Å². The van der Waals surface area contributed by atoms with Crippen LogP contribution in [0.4, 0.5) is 0 Å². The Morgan fingerprint density at radius 1 is 1.28 bits per heavy atom. The van der Waals surface area contributed by atoms with Crippen molar-refractivity contribution < 1.29 is 14.6 Å². The third-order valence-corrected chi connectivity index (χ3v) is 3.95. The number of benzene rings is 1. The molecule has 2 unspecified atom stereocenters. The van der Waals surface area contributed by atoms with Gasteiger partial charge in [-0.15, -0.1) is 0 Å². The summed E-state index contributed by atoms with van der Waals surface area (Å²) in [5, 5.41) is 10.6. The van der Waals surface area contributed by atoms with Crippen molar-refractivity contribution >= 4 is 0 Å². The van der Waals surface area contributed by atoms with Crippen LogP contribution in [0.1, 0.15) is 43.1 Å². The Hall–Kier alpha value is -1.06. The second-order valence-corrected chi connectivity index (χ2v) is 4.90. The first-order valence-electron chi connectivity index (χ1n) is 6.28. The maximum Gasteiger partial charge on any atom is 0.127 e. The molecule has 0 bridgehead atoms. The summed E-state index contributed by atoms with van der Waals surface area (Å²) in [5.41, 5.74) is 2.39. The third kappa shape index (κ3) is 2.52. The molecule has 0 saturated heterocycles. The van der Waals surface area contributed by atoms with Crippen molar-refractivity contribution in [3.63, 3.8) is 0 Å². The molecule has 3 nitrogen and oxygen atoms in total. The van der Waals surface area contributed by atoms with Gasteiger partial charge in [-0.3, -0.25) is 0 Å².